The number of rotatable bonds is 5. The maximum Gasteiger partial charge on any atom is 0.345 e. The zero-order valence-electron chi connectivity index (χ0n) is 9.05. The van der Waals surface area contributed by atoms with Crippen molar-refractivity contribution >= 4 is 11.9 Å². The summed E-state index contributed by atoms with van der Waals surface area (Å²) in [5.74, 6) is -1.62. The summed E-state index contributed by atoms with van der Waals surface area (Å²) < 4.78 is 4.83. The number of aliphatic carboxylic acids is 1. The molecule has 4 nitrogen and oxygen atoms in total. The molecule has 1 atom stereocenters. The minimum absolute atomic E-state index is 0.102. The van der Waals surface area contributed by atoms with Gasteiger partial charge in [0.2, 0.25) is 0 Å². The first-order valence-electron chi connectivity index (χ1n) is 5.09. The first-order chi connectivity index (χ1) is 7.63. The first-order valence-corrected chi connectivity index (χ1v) is 5.09. The molecule has 4 heteroatoms. The van der Waals surface area contributed by atoms with E-state index in [1.165, 1.54) is 0 Å². The normalized spacial score (nSPS) is 11.8. The molecule has 1 rings (SSSR count). The van der Waals surface area contributed by atoms with Gasteiger partial charge in [-0.25, -0.2) is 4.79 Å². The number of hydrogen-bond acceptors (Lipinski definition) is 3. The molecule has 1 aromatic rings. The smallest absolute Gasteiger partial charge is 0.345 e. The molecule has 1 aromatic carbocycles. The summed E-state index contributed by atoms with van der Waals surface area (Å²) in [5, 5.41) is 8.71. The van der Waals surface area contributed by atoms with E-state index in [0.29, 0.717) is 0 Å². The van der Waals surface area contributed by atoms with Crippen LogP contribution in [-0.4, -0.2) is 23.1 Å². The van der Waals surface area contributed by atoms with Gasteiger partial charge in [0.05, 0.1) is 6.42 Å². The Bertz CT molecular complexity index is 359. The molecule has 0 aliphatic carbocycles. The van der Waals surface area contributed by atoms with Crippen LogP contribution in [0.1, 0.15) is 18.9 Å². The molecule has 0 fully saturated rings. The van der Waals surface area contributed by atoms with Crippen molar-refractivity contribution in [3.8, 4) is 0 Å². The minimum atomic E-state index is -1.11. The van der Waals surface area contributed by atoms with E-state index < -0.39 is 18.0 Å². The van der Waals surface area contributed by atoms with Crippen molar-refractivity contribution in [3.05, 3.63) is 35.9 Å². The number of ether oxygens (including phenoxy) is 1. The van der Waals surface area contributed by atoms with Crippen LogP contribution in [0.15, 0.2) is 30.3 Å². The van der Waals surface area contributed by atoms with Crippen molar-refractivity contribution in [1.29, 1.82) is 0 Å². The Kier molecular flexibility index (Phi) is 4.51. The van der Waals surface area contributed by atoms with Crippen molar-refractivity contribution in [2.75, 3.05) is 0 Å². The summed E-state index contributed by atoms with van der Waals surface area (Å²) in [6, 6.07) is 9.07. The maximum atomic E-state index is 11.4. The molecule has 0 heterocycles. The maximum absolute atomic E-state index is 11.4. The molecular weight excluding hydrogens is 208 g/mol. The molecule has 1 N–H and O–H groups in total. The molecule has 0 radical (unpaired) electrons. The summed E-state index contributed by atoms with van der Waals surface area (Å²) in [6.45, 7) is 1.66. The highest BCUT2D eigenvalue weighted by Gasteiger charge is 2.19. The molecule has 0 spiro atoms. The van der Waals surface area contributed by atoms with Crippen LogP contribution in [0.3, 0.4) is 0 Å². The summed E-state index contributed by atoms with van der Waals surface area (Å²) >= 11 is 0. The van der Waals surface area contributed by atoms with Gasteiger partial charge < -0.3 is 9.84 Å². The van der Waals surface area contributed by atoms with Gasteiger partial charge in [0.1, 0.15) is 0 Å². The van der Waals surface area contributed by atoms with E-state index in [4.69, 9.17) is 9.84 Å². The van der Waals surface area contributed by atoms with Crippen LogP contribution in [0.5, 0.6) is 0 Å². The van der Waals surface area contributed by atoms with Gasteiger partial charge >= 0.3 is 11.9 Å². The summed E-state index contributed by atoms with van der Waals surface area (Å²) in [5.41, 5.74) is 0.813. The van der Waals surface area contributed by atoms with Gasteiger partial charge in [-0.1, -0.05) is 37.3 Å². The van der Waals surface area contributed by atoms with Crippen LogP contribution >= 0.6 is 0 Å². The van der Waals surface area contributed by atoms with E-state index in [9.17, 15) is 9.59 Å². The van der Waals surface area contributed by atoms with E-state index in [-0.39, 0.29) is 12.8 Å². The second-order valence-corrected chi connectivity index (χ2v) is 3.39. The number of carboxylic acid groups (broad SMARTS) is 1. The fraction of sp³-hybridized carbons (Fsp3) is 0.333. The molecule has 16 heavy (non-hydrogen) atoms. The summed E-state index contributed by atoms with van der Waals surface area (Å²) in [6.07, 6.45) is -0.670. The highest BCUT2D eigenvalue weighted by molar-refractivity contribution is 5.79. The Labute approximate surface area is 93.9 Å². The third kappa shape index (κ3) is 3.73. The third-order valence-electron chi connectivity index (χ3n) is 2.11. The Morgan fingerprint density at radius 2 is 1.94 bits per heavy atom. The van der Waals surface area contributed by atoms with E-state index in [1.807, 2.05) is 18.2 Å². The van der Waals surface area contributed by atoms with Crippen molar-refractivity contribution in [1.82, 2.24) is 0 Å². The fourth-order valence-electron chi connectivity index (χ4n) is 1.27. The van der Waals surface area contributed by atoms with Gasteiger partial charge in [-0.15, -0.1) is 0 Å². The van der Waals surface area contributed by atoms with Crippen LogP contribution in [0.2, 0.25) is 0 Å². The number of hydrogen-bond donors (Lipinski definition) is 1. The lowest BCUT2D eigenvalue weighted by Gasteiger charge is -2.11. The van der Waals surface area contributed by atoms with Gasteiger partial charge in [0, 0.05) is 0 Å². The molecule has 0 aliphatic heterocycles. The van der Waals surface area contributed by atoms with Crippen molar-refractivity contribution in [2.24, 2.45) is 0 Å². The SMILES string of the molecule is CC[C@@H](OC(=O)Cc1ccccc1)C(=O)O. The monoisotopic (exact) mass is 222 g/mol. The molecule has 0 saturated heterocycles. The lowest BCUT2D eigenvalue weighted by molar-refractivity contribution is -0.163. The Morgan fingerprint density at radius 1 is 1.31 bits per heavy atom. The summed E-state index contributed by atoms with van der Waals surface area (Å²) in [7, 11) is 0. The molecule has 0 aromatic heterocycles. The molecule has 0 aliphatic rings. The zero-order valence-corrected chi connectivity index (χ0v) is 9.05. The van der Waals surface area contributed by atoms with E-state index in [1.54, 1.807) is 19.1 Å². The minimum Gasteiger partial charge on any atom is -0.479 e. The number of carbonyl (C=O) groups is 2. The van der Waals surface area contributed by atoms with Crippen molar-refractivity contribution in [2.45, 2.75) is 25.9 Å². The molecule has 86 valence electrons. The predicted molar refractivity (Wildman–Crippen MR) is 58.0 cm³/mol. The lowest BCUT2D eigenvalue weighted by atomic mass is 10.1. The largest absolute Gasteiger partial charge is 0.479 e. The Morgan fingerprint density at radius 3 is 2.44 bits per heavy atom. The van der Waals surface area contributed by atoms with Crippen molar-refractivity contribution < 1.29 is 19.4 Å². The number of esters is 1. The zero-order chi connectivity index (χ0) is 12.0. The number of benzene rings is 1. The molecule has 0 bridgehead atoms. The van der Waals surface area contributed by atoms with Gasteiger partial charge in [-0.3, -0.25) is 4.79 Å². The van der Waals surface area contributed by atoms with Crippen LogP contribution < -0.4 is 0 Å². The molecule has 0 saturated carbocycles. The van der Waals surface area contributed by atoms with Crippen LogP contribution in [-0.2, 0) is 20.7 Å². The molecule has 0 amide bonds. The quantitative estimate of drug-likeness (QED) is 0.769. The lowest BCUT2D eigenvalue weighted by Crippen LogP contribution is -2.26. The predicted octanol–water partition coefficient (Wildman–Crippen LogP) is 1.64. The third-order valence-corrected chi connectivity index (χ3v) is 2.11. The van der Waals surface area contributed by atoms with Gasteiger partial charge in [-0.05, 0) is 12.0 Å². The van der Waals surface area contributed by atoms with Crippen LogP contribution in [0.4, 0.5) is 0 Å². The fourth-order valence-corrected chi connectivity index (χ4v) is 1.27. The topological polar surface area (TPSA) is 63.6 Å². The van der Waals surface area contributed by atoms with E-state index >= 15 is 0 Å². The Hall–Kier alpha value is -1.84. The first kappa shape index (κ1) is 12.2. The van der Waals surface area contributed by atoms with Crippen LogP contribution in [0.25, 0.3) is 0 Å². The standard InChI is InChI=1S/C12H14O4/c1-2-10(12(14)15)16-11(13)8-9-6-4-3-5-7-9/h3-7,10H,2,8H2,1H3,(H,14,15)/t10-/m1/s1. The highest BCUT2D eigenvalue weighted by atomic mass is 16.6. The average molecular weight is 222 g/mol. The Balaban J connectivity index is 2.50. The highest BCUT2D eigenvalue weighted by Crippen LogP contribution is 2.04. The average Bonchev–Trinajstić information content (AvgIpc) is 2.27. The van der Waals surface area contributed by atoms with Crippen molar-refractivity contribution in [3.63, 3.8) is 0 Å². The molecule has 0 unspecified atom stereocenters. The number of carbonyl (C=O) groups excluding carboxylic acids is 1. The van der Waals surface area contributed by atoms with E-state index in [2.05, 4.69) is 0 Å². The van der Waals surface area contributed by atoms with Gasteiger partial charge in [-0.2, -0.15) is 0 Å². The second kappa shape index (κ2) is 5.90. The summed E-state index contributed by atoms with van der Waals surface area (Å²) in [4.78, 5) is 22.0. The van der Waals surface area contributed by atoms with E-state index in [0.717, 1.165) is 5.56 Å². The number of carboxylic acids is 1. The van der Waals surface area contributed by atoms with Gasteiger partial charge in [0.15, 0.2) is 6.10 Å². The van der Waals surface area contributed by atoms with Gasteiger partial charge in [0.25, 0.3) is 0 Å². The van der Waals surface area contributed by atoms with Crippen LogP contribution in [0, 0.1) is 0 Å². The molecular formula is C12H14O4. The second-order valence-electron chi connectivity index (χ2n) is 3.39.